The van der Waals surface area contributed by atoms with Gasteiger partial charge in [0.15, 0.2) is 0 Å². The molecule has 1 saturated heterocycles. The highest BCUT2D eigenvalue weighted by molar-refractivity contribution is 5.78. The molecule has 0 bridgehead atoms. The molecule has 14 heavy (non-hydrogen) atoms. The van der Waals surface area contributed by atoms with E-state index in [1.165, 1.54) is 32.1 Å². The van der Waals surface area contributed by atoms with Gasteiger partial charge in [0.25, 0.3) is 0 Å². The first-order valence-electron chi connectivity index (χ1n) is 5.93. The number of carbonyl (C=O) groups excluding carboxylic acids is 1. The monoisotopic (exact) mass is 195 g/mol. The molecule has 0 radical (unpaired) electrons. The van der Waals surface area contributed by atoms with Crippen molar-refractivity contribution in [1.29, 1.82) is 0 Å². The normalized spacial score (nSPS) is 31.6. The molecule has 2 nitrogen and oxygen atoms in total. The third-order valence-electron chi connectivity index (χ3n) is 4.18. The zero-order chi connectivity index (χ0) is 10.0. The summed E-state index contributed by atoms with van der Waals surface area (Å²) >= 11 is 0. The van der Waals surface area contributed by atoms with E-state index in [0.29, 0.717) is 17.1 Å². The lowest BCUT2D eigenvalue weighted by atomic mass is 9.64. The molecule has 80 valence electrons. The van der Waals surface area contributed by atoms with Crippen LogP contribution in [0.2, 0.25) is 0 Å². The predicted octanol–water partition coefficient (Wildman–Crippen LogP) is 2.14. The summed E-state index contributed by atoms with van der Waals surface area (Å²) in [4.78, 5) is 11.4. The average Bonchev–Trinajstić information content (AvgIpc) is 2.19. The summed E-state index contributed by atoms with van der Waals surface area (Å²) in [5.41, 5.74) is 0.528. The molecule has 1 atom stereocenters. The van der Waals surface area contributed by atoms with E-state index in [9.17, 15) is 4.79 Å². The SMILES string of the molecule is CC(=O)C1CCCC2(CCNCC2)C1. The lowest BCUT2D eigenvalue weighted by Crippen LogP contribution is -2.40. The van der Waals surface area contributed by atoms with Gasteiger partial charge in [-0.15, -0.1) is 0 Å². The first-order valence-corrected chi connectivity index (χ1v) is 5.93. The Morgan fingerprint density at radius 1 is 1.29 bits per heavy atom. The summed E-state index contributed by atoms with van der Waals surface area (Å²) in [5.74, 6) is 0.796. The van der Waals surface area contributed by atoms with Crippen molar-refractivity contribution in [2.24, 2.45) is 11.3 Å². The number of hydrogen-bond acceptors (Lipinski definition) is 2. The second-order valence-electron chi connectivity index (χ2n) is 5.15. The first-order chi connectivity index (χ1) is 6.72. The van der Waals surface area contributed by atoms with Gasteiger partial charge in [-0.2, -0.15) is 0 Å². The van der Waals surface area contributed by atoms with Crippen molar-refractivity contribution in [3.63, 3.8) is 0 Å². The van der Waals surface area contributed by atoms with E-state index in [0.717, 1.165) is 19.5 Å². The van der Waals surface area contributed by atoms with Crippen LogP contribution in [-0.2, 0) is 4.79 Å². The van der Waals surface area contributed by atoms with Gasteiger partial charge in [0, 0.05) is 5.92 Å². The van der Waals surface area contributed by atoms with Gasteiger partial charge >= 0.3 is 0 Å². The fourth-order valence-electron chi connectivity index (χ4n) is 3.21. The second-order valence-corrected chi connectivity index (χ2v) is 5.15. The molecule has 2 fully saturated rings. The minimum Gasteiger partial charge on any atom is -0.317 e. The van der Waals surface area contributed by atoms with Crippen LogP contribution in [0, 0.1) is 11.3 Å². The van der Waals surface area contributed by atoms with Crippen LogP contribution in [0.25, 0.3) is 0 Å². The highest BCUT2D eigenvalue weighted by Crippen LogP contribution is 2.45. The van der Waals surface area contributed by atoms with Gasteiger partial charge in [-0.3, -0.25) is 4.79 Å². The molecular formula is C12H21NO. The fraction of sp³-hybridized carbons (Fsp3) is 0.917. The van der Waals surface area contributed by atoms with Crippen LogP contribution in [0.1, 0.15) is 45.4 Å². The van der Waals surface area contributed by atoms with Crippen LogP contribution in [0.5, 0.6) is 0 Å². The Kier molecular flexibility index (Phi) is 2.91. The molecule has 0 aromatic rings. The smallest absolute Gasteiger partial charge is 0.132 e. The minimum absolute atomic E-state index is 0.377. The Morgan fingerprint density at radius 2 is 2.00 bits per heavy atom. The van der Waals surface area contributed by atoms with Gasteiger partial charge in [-0.1, -0.05) is 6.42 Å². The highest BCUT2D eigenvalue weighted by Gasteiger charge is 2.38. The lowest BCUT2D eigenvalue weighted by Gasteiger charge is -2.43. The standard InChI is InChI=1S/C12H21NO/c1-10(14)11-3-2-4-12(9-11)5-7-13-8-6-12/h11,13H,2-9H2,1H3. The van der Waals surface area contributed by atoms with Crippen molar-refractivity contribution < 1.29 is 4.79 Å². The van der Waals surface area contributed by atoms with Crippen LogP contribution in [0.4, 0.5) is 0 Å². The van der Waals surface area contributed by atoms with Crippen LogP contribution >= 0.6 is 0 Å². The topological polar surface area (TPSA) is 29.1 Å². The molecule has 1 aliphatic heterocycles. The van der Waals surface area contributed by atoms with Crippen LogP contribution in [-0.4, -0.2) is 18.9 Å². The molecule has 1 heterocycles. The molecule has 2 aliphatic rings. The van der Waals surface area contributed by atoms with Gasteiger partial charge in [0.05, 0.1) is 0 Å². The van der Waals surface area contributed by atoms with E-state index in [1.807, 2.05) is 0 Å². The Bertz CT molecular complexity index is 213. The molecule has 0 amide bonds. The van der Waals surface area contributed by atoms with Crippen molar-refractivity contribution in [3.8, 4) is 0 Å². The van der Waals surface area contributed by atoms with Crippen LogP contribution in [0.3, 0.4) is 0 Å². The third kappa shape index (κ3) is 2.00. The summed E-state index contributed by atoms with van der Waals surface area (Å²) in [6.07, 6.45) is 7.52. The van der Waals surface area contributed by atoms with Crippen molar-refractivity contribution in [2.75, 3.05) is 13.1 Å². The highest BCUT2D eigenvalue weighted by atomic mass is 16.1. The number of carbonyl (C=O) groups is 1. The quantitative estimate of drug-likeness (QED) is 0.694. The first kappa shape index (κ1) is 10.2. The number of piperidine rings is 1. The maximum Gasteiger partial charge on any atom is 0.132 e. The predicted molar refractivity (Wildman–Crippen MR) is 57.2 cm³/mol. The van der Waals surface area contributed by atoms with Crippen LogP contribution in [0.15, 0.2) is 0 Å². The molecule has 1 unspecified atom stereocenters. The maximum atomic E-state index is 11.4. The van der Waals surface area contributed by atoms with Crippen molar-refractivity contribution in [2.45, 2.75) is 45.4 Å². The maximum absolute atomic E-state index is 11.4. The zero-order valence-corrected chi connectivity index (χ0v) is 9.14. The number of rotatable bonds is 1. The van der Waals surface area contributed by atoms with Crippen molar-refractivity contribution in [3.05, 3.63) is 0 Å². The number of nitrogens with one attached hydrogen (secondary N) is 1. The van der Waals surface area contributed by atoms with Crippen LogP contribution < -0.4 is 5.32 Å². The molecule has 1 aliphatic carbocycles. The molecule has 1 spiro atoms. The second kappa shape index (κ2) is 4.01. The lowest BCUT2D eigenvalue weighted by molar-refractivity contribution is -0.123. The van der Waals surface area contributed by atoms with E-state index in [4.69, 9.17) is 0 Å². The average molecular weight is 195 g/mol. The molecule has 2 heteroatoms. The summed E-state index contributed by atoms with van der Waals surface area (Å²) in [6.45, 7) is 4.08. The Labute approximate surface area is 86.5 Å². The molecule has 1 saturated carbocycles. The number of hydrogen-bond donors (Lipinski definition) is 1. The van der Waals surface area contributed by atoms with E-state index in [1.54, 1.807) is 6.92 Å². The number of Topliss-reactive ketones (excluding diaryl/α,β-unsaturated/α-hetero) is 1. The number of ketones is 1. The van der Waals surface area contributed by atoms with E-state index >= 15 is 0 Å². The third-order valence-corrected chi connectivity index (χ3v) is 4.18. The van der Waals surface area contributed by atoms with E-state index < -0.39 is 0 Å². The fourth-order valence-corrected chi connectivity index (χ4v) is 3.21. The van der Waals surface area contributed by atoms with E-state index in [-0.39, 0.29) is 0 Å². The summed E-state index contributed by atoms with van der Waals surface area (Å²) in [7, 11) is 0. The Balaban J connectivity index is 2.01. The molecular weight excluding hydrogens is 174 g/mol. The molecule has 2 rings (SSSR count). The summed E-state index contributed by atoms with van der Waals surface area (Å²) < 4.78 is 0. The van der Waals surface area contributed by atoms with Crippen molar-refractivity contribution in [1.82, 2.24) is 5.32 Å². The van der Waals surface area contributed by atoms with Gasteiger partial charge < -0.3 is 5.32 Å². The van der Waals surface area contributed by atoms with E-state index in [2.05, 4.69) is 5.32 Å². The van der Waals surface area contributed by atoms with Gasteiger partial charge in [0.2, 0.25) is 0 Å². The molecule has 0 aromatic carbocycles. The largest absolute Gasteiger partial charge is 0.317 e. The van der Waals surface area contributed by atoms with Gasteiger partial charge in [-0.05, 0) is 57.5 Å². The zero-order valence-electron chi connectivity index (χ0n) is 9.14. The molecule has 1 N–H and O–H groups in total. The van der Waals surface area contributed by atoms with Gasteiger partial charge in [-0.25, -0.2) is 0 Å². The van der Waals surface area contributed by atoms with Crippen molar-refractivity contribution >= 4 is 5.78 Å². The van der Waals surface area contributed by atoms with Gasteiger partial charge in [0.1, 0.15) is 5.78 Å². The Morgan fingerprint density at radius 3 is 2.64 bits per heavy atom. The minimum atomic E-state index is 0.377. The molecule has 0 aromatic heterocycles. The summed E-state index contributed by atoms with van der Waals surface area (Å²) in [5, 5.41) is 3.42. The Hall–Kier alpha value is -0.370. The summed E-state index contributed by atoms with van der Waals surface area (Å²) in [6, 6.07) is 0.